The van der Waals surface area contributed by atoms with Gasteiger partial charge in [-0.3, -0.25) is 0 Å². The summed E-state index contributed by atoms with van der Waals surface area (Å²) < 4.78 is 1.67. The standard InChI is InChI=1S/C9H9N5S/c10-9(15)13-7-1-3-8(4-2-7)14-6-11-5-12-14/h1-6H,(H3,10,13,15). The summed E-state index contributed by atoms with van der Waals surface area (Å²) in [5, 5.41) is 7.11. The number of hydrogen-bond donors (Lipinski definition) is 2. The van der Waals surface area contributed by atoms with Crippen LogP contribution in [0.2, 0.25) is 0 Å². The molecule has 1 aromatic carbocycles. The van der Waals surface area contributed by atoms with E-state index in [1.807, 2.05) is 24.3 Å². The second-order valence-corrected chi connectivity index (χ2v) is 3.32. The van der Waals surface area contributed by atoms with Gasteiger partial charge in [-0.2, -0.15) is 5.10 Å². The van der Waals surface area contributed by atoms with E-state index in [0.717, 1.165) is 11.4 Å². The SMILES string of the molecule is NC(=S)Nc1ccc(-n2cncn2)cc1. The van der Waals surface area contributed by atoms with E-state index in [2.05, 4.69) is 15.4 Å². The Balaban J connectivity index is 2.21. The lowest BCUT2D eigenvalue weighted by atomic mass is 10.3. The van der Waals surface area contributed by atoms with Crippen LogP contribution in [0.25, 0.3) is 5.69 Å². The third kappa shape index (κ3) is 2.29. The van der Waals surface area contributed by atoms with E-state index in [9.17, 15) is 0 Å². The molecule has 0 saturated heterocycles. The highest BCUT2D eigenvalue weighted by Gasteiger charge is 1.97. The van der Waals surface area contributed by atoms with E-state index in [4.69, 9.17) is 18.0 Å². The molecule has 2 rings (SSSR count). The van der Waals surface area contributed by atoms with Crippen LogP contribution in [0, 0.1) is 0 Å². The Labute approximate surface area is 91.9 Å². The Kier molecular flexibility index (Phi) is 2.59. The van der Waals surface area contributed by atoms with Crippen molar-refractivity contribution in [3.8, 4) is 5.69 Å². The second-order valence-electron chi connectivity index (χ2n) is 2.88. The maximum atomic E-state index is 5.35. The number of hydrogen-bond acceptors (Lipinski definition) is 3. The number of nitrogens with one attached hydrogen (secondary N) is 1. The second kappa shape index (κ2) is 4.05. The van der Waals surface area contributed by atoms with Gasteiger partial charge in [0.25, 0.3) is 0 Å². The van der Waals surface area contributed by atoms with Crippen molar-refractivity contribution in [2.45, 2.75) is 0 Å². The van der Waals surface area contributed by atoms with Gasteiger partial charge in [0.15, 0.2) is 5.11 Å². The Morgan fingerprint density at radius 1 is 1.33 bits per heavy atom. The molecule has 0 bridgehead atoms. The molecule has 5 nitrogen and oxygen atoms in total. The lowest BCUT2D eigenvalue weighted by molar-refractivity contribution is 0.879. The van der Waals surface area contributed by atoms with Gasteiger partial charge in [-0.1, -0.05) is 0 Å². The smallest absolute Gasteiger partial charge is 0.168 e. The third-order valence-electron chi connectivity index (χ3n) is 1.82. The molecule has 76 valence electrons. The van der Waals surface area contributed by atoms with Crippen molar-refractivity contribution < 1.29 is 0 Å². The highest BCUT2D eigenvalue weighted by molar-refractivity contribution is 7.80. The van der Waals surface area contributed by atoms with Crippen LogP contribution in [0.5, 0.6) is 0 Å². The average molecular weight is 219 g/mol. The molecule has 0 saturated carbocycles. The zero-order valence-corrected chi connectivity index (χ0v) is 8.61. The fourth-order valence-electron chi connectivity index (χ4n) is 1.18. The van der Waals surface area contributed by atoms with Gasteiger partial charge >= 0.3 is 0 Å². The first kappa shape index (κ1) is 9.60. The van der Waals surface area contributed by atoms with Crippen molar-refractivity contribution in [1.82, 2.24) is 14.8 Å². The summed E-state index contributed by atoms with van der Waals surface area (Å²) in [5.41, 5.74) is 7.13. The predicted molar refractivity (Wildman–Crippen MR) is 61.8 cm³/mol. The zero-order chi connectivity index (χ0) is 10.7. The number of anilines is 1. The zero-order valence-electron chi connectivity index (χ0n) is 7.79. The maximum Gasteiger partial charge on any atom is 0.168 e. The predicted octanol–water partition coefficient (Wildman–Crippen LogP) is 0.923. The quantitative estimate of drug-likeness (QED) is 0.735. The fraction of sp³-hybridized carbons (Fsp3) is 0. The van der Waals surface area contributed by atoms with E-state index in [1.54, 1.807) is 11.0 Å². The van der Waals surface area contributed by atoms with Crippen LogP contribution >= 0.6 is 12.2 Å². The number of nitrogens with zero attached hydrogens (tertiary/aromatic N) is 3. The molecule has 0 fully saturated rings. The van der Waals surface area contributed by atoms with Gasteiger partial charge in [0.2, 0.25) is 0 Å². The lowest BCUT2D eigenvalue weighted by Crippen LogP contribution is -2.18. The molecule has 0 radical (unpaired) electrons. The minimum absolute atomic E-state index is 0.253. The van der Waals surface area contributed by atoms with Gasteiger partial charge in [0.05, 0.1) is 5.69 Å². The molecule has 2 aromatic rings. The van der Waals surface area contributed by atoms with Gasteiger partial charge < -0.3 is 11.1 Å². The molecule has 1 aromatic heterocycles. The molecular weight excluding hydrogens is 210 g/mol. The van der Waals surface area contributed by atoms with Gasteiger partial charge in [-0.25, -0.2) is 9.67 Å². The first-order valence-electron chi connectivity index (χ1n) is 4.27. The molecule has 3 N–H and O–H groups in total. The molecule has 15 heavy (non-hydrogen) atoms. The van der Waals surface area contributed by atoms with Gasteiger partial charge in [-0.05, 0) is 36.5 Å². The summed E-state index contributed by atoms with van der Waals surface area (Å²) in [6.45, 7) is 0. The average Bonchev–Trinajstić information content (AvgIpc) is 2.71. The fourth-order valence-corrected chi connectivity index (χ4v) is 1.30. The number of nitrogens with two attached hydrogens (primary N) is 1. The largest absolute Gasteiger partial charge is 0.376 e. The minimum atomic E-state index is 0.253. The Bertz CT molecular complexity index is 448. The third-order valence-corrected chi connectivity index (χ3v) is 1.92. The van der Waals surface area contributed by atoms with Crippen molar-refractivity contribution in [1.29, 1.82) is 0 Å². The molecule has 1 heterocycles. The van der Waals surface area contributed by atoms with E-state index in [0.29, 0.717) is 0 Å². The van der Waals surface area contributed by atoms with Crippen LogP contribution in [0.4, 0.5) is 5.69 Å². The van der Waals surface area contributed by atoms with Gasteiger partial charge in [-0.15, -0.1) is 0 Å². The number of rotatable bonds is 2. The molecule has 0 aliphatic carbocycles. The molecule has 0 atom stereocenters. The Morgan fingerprint density at radius 3 is 2.60 bits per heavy atom. The highest BCUT2D eigenvalue weighted by Crippen LogP contribution is 2.11. The molecule has 0 amide bonds. The van der Waals surface area contributed by atoms with Crippen LogP contribution < -0.4 is 11.1 Å². The molecule has 0 unspecified atom stereocenters. The van der Waals surface area contributed by atoms with E-state index in [-0.39, 0.29) is 5.11 Å². The first-order valence-corrected chi connectivity index (χ1v) is 4.68. The monoisotopic (exact) mass is 219 g/mol. The maximum absolute atomic E-state index is 5.35. The van der Waals surface area contributed by atoms with E-state index < -0.39 is 0 Å². The molecule has 0 aliphatic rings. The molecular formula is C9H9N5S. The Hall–Kier alpha value is -1.95. The normalized spacial score (nSPS) is 9.87. The van der Waals surface area contributed by atoms with E-state index >= 15 is 0 Å². The molecule has 6 heteroatoms. The van der Waals surface area contributed by atoms with Crippen LogP contribution in [-0.2, 0) is 0 Å². The Morgan fingerprint density at radius 2 is 2.07 bits per heavy atom. The van der Waals surface area contributed by atoms with Crippen molar-refractivity contribution in [2.24, 2.45) is 5.73 Å². The van der Waals surface area contributed by atoms with Crippen molar-refractivity contribution in [3.05, 3.63) is 36.9 Å². The van der Waals surface area contributed by atoms with E-state index in [1.165, 1.54) is 6.33 Å². The topological polar surface area (TPSA) is 68.8 Å². The molecule has 0 aliphatic heterocycles. The summed E-state index contributed by atoms with van der Waals surface area (Å²) in [4.78, 5) is 3.86. The first-order chi connectivity index (χ1) is 7.25. The summed E-state index contributed by atoms with van der Waals surface area (Å²) in [7, 11) is 0. The van der Waals surface area contributed by atoms with Crippen LogP contribution in [-0.4, -0.2) is 19.9 Å². The summed E-state index contributed by atoms with van der Waals surface area (Å²) in [5.74, 6) is 0. The summed E-state index contributed by atoms with van der Waals surface area (Å²) in [6.07, 6.45) is 3.12. The van der Waals surface area contributed by atoms with Crippen molar-refractivity contribution in [2.75, 3.05) is 5.32 Å². The van der Waals surface area contributed by atoms with Crippen LogP contribution in [0.1, 0.15) is 0 Å². The van der Waals surface area contributed by atoms with Crippen molar-refractivity contribution >= 4 is 23.0 Å². The number of benzene rings is 1. The van der Waals surface area contributed by atoms with Gasteiger partial charge in [0, 0.05) is 5.69 Å². The summed E-state index contributed by atoms with van der Waals surface area (Å²) in [6, 6.07) is 7.54. The molecule has 0 spiro atoms. The van der Waals surface area contributed by atoms with Gasteiger partial charge in [0.1, 0.15) is 12.7 Å². The van der Waals surface area contributed by atoms with Crippen molar-refractivity contribution in [3.63, 3.8) is 0 Å². The number of thiocarbonyl (C=S) groups is 1. The van der Waals surface area contributed by atoms with Crippen LogP contribution in [0.3, 0.4) is 0 Å². The lowest BCUT2D eigenvalue weighted by Gasteiger charge is -2.04. The number of aromatic nitrogens is 3. The minimum Gasteiger partial charge on any atom is -0.376 e. The summed E-state index contributed by atoms with van der Waals surface area (Å²) >= 11 is 4.73. The highest BCUT2D eigenvalue weighted by atomic mass is 32.1. The van der Waals surface area contributed by atoms with Crippen LogP contribution in [0.15, 0.2) is 36.9 Å².